The molecule has 23 heavy (non-hydrogen) atoms. The molecular formula is C18H15Cl2NO2. The van der Waals surface area contributed by atoms with Crippen molar-refractivity contribution in [1.82, 2.24) is 4.90 Å². The summed E-state index contributed by atoms with van der Waals surface area (Å²) in [6.07, 6.45) is 0. The van der Waals surface area contributed by atoms with Gasteiger partial charge in [-0.05, 0) is 24.6 Å². The molecule has 0 radical (unpaired) electrons. The number of benzene rings is 2. The Kier molecular flexibility index (Phi) is 4.17. The average Bonchev–Trinajstić information content (AvgIpc) is 2.86. The van der Waals surface area contributed by atoms with Crippen molar-refractivity contribution < 1.29 is 9.59 Å². The predicted molar refractivity (Wildman–Crippen MR) is 91.1 cm³/mol. The van der Waals surface area contributed by atoms with Crippen LogP contribution in [0.25, 0.3) is 0 Å². The van der Waals surface area contributed by atoms with E-state index in [2.05, 4.69) is 0 Å². The third-order valence-corrected chi connectivity index (χ3v) is 5.55. The van der Waals surface area contributed by atoms with E-state index < -0.39 is 10.9 Å². The van der Waals surface area contributed by atoms with Crippen molar-refractivity contribution in [2.45, 2.75) is 17.8 Å². The lowest BCUT2D eigenvalue weighted by Crippen LogP contribution is -2.49. The molecule has 0 fully saturated rings. The Bertz CT molecular complexity index is 728. The minimum Gasteiger partial charge on any atom is -0.269 e. The number of hydrogen-bond donors (Lipinski definition) is 0. The Balaban J connectivity index is 2.02. The quantitative estimate of drug-likeness (QED) is 0.618. The minimum absolute atomic E-state index is 0.0765. The molecule has 3 rings (SSSR count). The Morgan fingerprint density at radius 1 is 0.957 bits per heavy atom. The van der Waals surface area contributed by atoms with Crippen LogP contribution in [-0.2, 0) is 4.87 Å². The normalized spacial score (nSPS) is 17.8. The van der Waals surface area contributed by atoms with Gasteiger partial charge in [-0.15, -0.1) is 23.2 Å². The fourth-order valence-corrected chi connectivity index (χ4v) is 3.51. The van der Waals surface area contributed by atoms with Gasteiger partial charge in [-0.2, -0.15) is 0 Å². The lowest BCUT2D eigenvalue weighted by atomic mass is 9.92. The van der Waals surface area contributed by atoms with Gasteiger partial charge in [0.25, 0.3) is 11.8 Å². The van der Waals surface area contributed by atoms with Gasteiger partial charge in [0.1, 0.15) is 4.87 Å². The van der Waals surface area contributed by atoms with Gasteiger partial charge in [-0.3, -0.25) is 14.5 Å². The van der Waals surface area contributed by atoms with E-state index in [0.717, 1.165) is 5.56 Å². The van der Waals surface area contributed by atoms with Crippen LogP contribution in [0.5, 0.6) is 0 Å². The van der Waals surface area contributed by atoms with Crippen molar-refractivity contribution in [1.29, 1.82) is 0 Å². The first-order valence-corrected chi connectivity index (χ1v) is 8.19. The summed E-state index contributed by atoms with van der Waals surface area (Å²) in [5, 5.41) is 0. The molecule has 1 heterocycles. The fraction of sp³-hybridized carbons (Fsp3) is 0.222. The molecule has 2 unspecified atom stereocenters. The van der Waals surface area contributed by atoms with E-state index >= 15 is 0 Å². The second kappa shape index (κ2) is 5.99. The Hall–Kier alpha value is -1.84. The van der Waals surface area contributed by atoms with Crippen molar-refractivity contribution in [3.63, 3.8) is 0 Å². The number of nitrogens with zero attached hydrogens (tertiary/aromatic N) is 1. The van der Waals surface area contributed by atoms with Gasteiger partial charge in [-0.1, -0.05) is 42.5 Å². The highest BCUT2D eigenvalue weighted by Gasteiger charge is 2.47. The van der Waals surface area contributed by atoms with Crippen LogP contribution in [0.15, 0.2) is 54.6 Å². The first kappa shape index (κ1) is 16.0. The number of imide groups is 1. The zero-order valence-corrected chi connectivity index (χ0v) is 14.0. The minimum atomic E-state index is -1.05. The number of amides is 2. The zero-order valence-electron chi connectivity index (χ0n) is 12.5. The van der Waals surface area contributed by atoms with Gasteiger partial charge in [-0.25, -0.2) is 0 Å². The number of alkyl halides is 2. The summed E-state index contributed by atoms with van der Waals surface area (Å²) in [5.41, 5.74) is 1.60. The molecule has 0 saturated heterocycles. The maximum absolute atomic E-state index is 12.6. The lowest BCUT2D eigenvalue weighted by Gasteiger charge is -2.36. The summed E-state index contributed by atoms with van der Waals surface area (Å²) < 4.78 is 0. The van der Waals surface area contributed by atoms with E-state index in [0.29, 0.717) is 11.1 Å². The topological polar surface area (TPSA) is 37.4 Å². The van der Waals surface area contributed by atoms with Crippen LogP contribution >= 0.6 is 23.2 Å². The zero-order chi connectivity index (χ0) is 16.6. The number of fused-ring (bicyclic) bond motifs is 1. The molecule has 0 bridgehead atoms. The maximum Gasteiger partial charge on any atom is 0.261 e. The summed E-state index contributed by atoms with van der Waals surface area (Å²) >= 11 is 12.9. The average molecular weight is 348 g/mol. The summed E-state index contributed by atoms with van der Waals surface area (Å²) in [6, 6.07) is 15.5. The van der Waals surface area contributed by atoms with E-state index in [-0.39, 0.29) is 17.7 Å². The highest BCUT2D eigenvalue weighted by atomic mass is 35.5. The van der Waals surface area contributed by atoms with E-state index in [1.165, 1.54) is 4.90 Å². The second-order valence-corrected chi connectivity index (χ2v) is 6.51. The largest absolute Gasteiger partial charge is 0.269 e. The smallest absolute Gasteiger partial charge is 0.261 e. The number of halogens is 2. The molecule has 2 atom stereocenters. The molecular weight excluding hydrogens is 333 g/mol. The third-order valence-electron chi connectivity index (χ3n) is 4.32. The monoisotopic (exact) mass is 347 g/mol. The standard InChI is InChI=1S/C18H15Cl2NO2/c1-12(18(20,11-19)13-7-3-2-4-8-13)21-16(22)14-9-5-6-10-15(14)17(21)23/h2-10,12H,11H2,1H3. The summed E-state index contributed by atoms with van der Waals surface area (Å²) in [5.74, 6) is -0.582. The van der Waals surface area contributed by atoms with Gasteiger partial charge in [0.05, 0.1) is 17.2 Å². The predicted octanol–water partition coefficient (Wildman–Crippen LogP) is 4.04. The molecule has 0 spiro atoms. The first-order chi connectivity index (χ1) is 11.0. The molecule has 1 aliphatic rings. The fourth-order valence-electron chi connectivity index (χ4n) is 2.91. The Labute approximate surface area is 144 Å². The molecule has 0 saturated carbocycles. The molecule has 0 aliphatic carbocycles. The molecule has 0 aromatic heterocycles. The maximum atomic E-state index is 12.6. The number of carbonyl (C=O) groups is 2. The van der Waals surface area contributed by atoms with Crippen molar-refractivity contribution in [3.05, 3.63) is 71.3 Å². The highest BCUT2D eigenvalue weighted by Crippen LogP contribution is 2.39. The number of hydrogen-bond acceptors (Lipinski definition) is 2. The molecule has 2 aromatic rings. The molecule has 3 nitrogen and oxygen atoms in total. The van der Waals surface area contributed by atoms with Gasteiger partial charge in [0.15, 0.2) is 0 Å². The van der Waals surface area contributed by atoms with Gasteiger partial charge >= 0.3 is 0 Å². The van der Waals surface area contributed by atoms with Crippen molar-refractivity contribution in [3.8, 4) is 0 Å². The summed E-state index contributed by atoms with van der Waals surface area (Å²) in [7, 11) is 0. The first-order valence-electron chi connectivity index (χ1n) is 7.28. The highest BCUT2D eigenvalue weighted by molar-refractivity contribution is 6.32. The number of rotatable bonds is 4. The molecule has 1 aliphatic heterocycles. The number of carbonyl (C=O) groups excluding carboxylic acids is 2. The van der Waals surface area contributed by atoms with Gasteiger partial charge in [0, 0.05) is 5.88 Å². The van der Waals surface area contributed by atoms with Crippen LogP contribution in [0.2, 0.25) is 0 Å². The van der Waals surface area contributed by atoms with Crippen LogP contribution < -0.4 is 0 Å². The van der Waals surface area contributed by atoms with E-state index in [1.54, 1.807) is 31.2 Å². The van der Waals surface area contributed by atoms with Crippen LogP contribution in [0.3, 0.4) is 0 Å². The van der Waals surface area contributed by atoms with Crippen molar-refractivity contribution >= 4 is 35.0 Å². The van der Waals surface area contributed by atoms with Gasteiger partial charge in [0.2, 0.25) is 0 Å². The molecule has 2 amide bonds. The molecule has 0 N–H and O–H groups in total. The Morgan fingerprint density at radius 3 is 1.91 bits per heavy atom. The SMILES string of the molecule is CC(N1C(=O)c2ccccc2C1=O)C(Cl)(CCl)c1ccccc1. The van der Waals surface area contributed by atoms with Gasteiger partial charge < -0.3 is 0 Å². The molecule has 5 heteroatoms. The van der Waals surface area contributed by atoms with E-state index in [9.17, 15) is 9.59 Å². The molecule has 118 valence electrons. The molecule has 2 aromatic carbocycles. The third kappa shape index (κ3) is 2.44. The van der Waals surface area contributed by atoms with E-state index in [1.807, 2.05) is 30.3 Å². The summed E-state index contributed by atoms with van der Waals surface area (Å²) in [6.45, 7) is 1.75. The van der Waals surface area contributed by atoms with E-state index in [4.69, 9.17) is 23.2 Å². The Morgan fingerprint density at radius 2 is 1.43 bits per heavy atom. The van der Waals surface area contributed by atoms with Crippen molar-refractivity contribution in [2.24, 2.45) is 0 Å². The van der Waals surface area contributed by atoms with Crippen LogP contribution in [0, 0.1) is 0 Å². The summed E-state index contributed by atoms with van der Waals surface area (Å²) in [4.78, 5) is 25.5. The van der Waals surface area contributed by atoms with Crippen LogP contribution in [0.1, 0.15) is 33.2 Å². The van der Waals surface area contributed by atoms with Crippen LogP contribution in [-0.4, -0.2) is 28.6 Å². The van der Waals surface area contributed by atoms with Crippen LogP contribution in [0.4, 0.5) is 0 Å². The van der Waals surface area contributed by atoms with Crippen molar-refractivity contribution in [2.75, 3.05) is 5.88 Å². The second-order valence-electron chi connectivity index (χ2n) is 5.56. The lowest BCUT2D eigenvalue weighted by molar-refractivity contribution is 0.0565.